The van der Waals surface area contributed by atoms with E-state index in [1.165, 1.54) is 5.56 Å². The van der Waals surface area contributed by atoms with Crippen LogP contribution in [-0.4, -0.2) is 6.61 Å². The number of hydrogen-bond acceptors (Lipinski definition) is 2. The summed E-state index contributed by atoms with van der Waals surface area (Å²) < 4.78 is 6.67. The minimum Gasteiger partial charge on any atom is -0.493 e. The fourth-order valence-electron chi connectivity index (χ4n) is 2.30. The van der Waals surface area contributed by atoms with Crippen LogP contribution in [0.2, 0.25) is 10.0 Å². The van der Waals surface area contributed by atoms with Gasteiger partial charge in [0.25, 0.3) is 0 Å². The molecular formula is C15H12BrCl2NO. The van der Waals surface area contributed by atoms with E-state index in [1.54, 1.807) is 0 Å². The summed E-state index contributed by atoms with van der Waals surface area (Å²) in [6.07, 6.45) is 0.917. The molecule has 1 heterocycles. The van der Waals surface area contributed by atoms with Gasteiger partial charge in [-0.05, 0) is 35.9 Å². The van der Waals surface area contributed by atoms with E-state index in [0.717, 1.165) is 39.5 Å². The standard InChI is InChI=1S/C15H12BrCl2NO/c16-11-1-2-13(18)14(7-11)19-8-10-6-12(17)5-9-3-4-20-15(9)10/h1-2,5-7,19H,3-4,8H2. The highest BCUT2D eigenvalue weighted by molar-refractivity contribution is 9.10. The summed E-state index contributed by atoms with van der Waals surface area (Å²) >= 11 is 15.8. The van der Waals surface area contributed by atoms with Crippen molar-refractivity contribution in [3.8, 4) is 5.75 Å². The van der Waals surface area contributed by atoms with Gasteiger partial charge in [0.05, 0.1) is 17.3 Å². The lowest BCUT2D eigenvalue weighted by atomic mass is 10.1. The molecule has 20 heavy (non-hydrogen) atoms. The van der Waals surface area contributed by atoms with E-state index in [-0.39, 0.29) is 0 Å². The zero-order chi connectivity index (χ0) is 14.1. The molecule has 0 fully saturated rings. The molecular weight excluding hydrogens is 361 g/mol. The predicted octanol–water partition coefficient (Wildman–Crippen LogP) is 5.30. The Morgan fingerprint density at radius 3 is 2.90 bits per heavy atom. The molecule has 2 aromatic rings. The van der Waals surface area contributed by atoms with Crippen LogP contribution >= 0.6 is 39.1 Å². The molecule has 0 bridgehead atoms. The van der Waals surface area contributed by atoms with Gasteiger partial charge >= 0.3 is 0 Å². The molecule has 0 atom stereocenters. The summed E-state index contributed by atoms with van der Waals surface area (Å²) in [7, 11) is 0. The highest BCUT2D eigenvalue weighted by atomic mass is 79.9. The first-order chi connectivity index (χ1) is 9.63. The number of nitrogens with one attached hydrogen (secondary N) is 1. The van der Waals surface area contributed by atoms with Crippen molar-refractivity contribution in [3.05, 3.63) is 56.0 Å². The van der Waals surface area contributed by atoms with Crippen molar-refractivity contribution >= 4 is 44.8 Å². The first-order valence-electron chi connectivity index (χ1n) is 6.26. The van der Waals surface area contributed by atoms with E-state index >= 15 is 0 Å². The highest BCUT2D eigenvalue weighted by Gasteiger charge is 2.17. The van der Waals surface area contributed by atoms with E-state index in [2.05, 4.69) is 21.2 Å². The van der Waals surface area contributed by atoms with E-state index in [9.17, 15) is 0 Å². The molecule has 0 aromatic heterocycles. The second kappa shape index (κ2) is 5.84. The number of anilines is 1. The maximum absolute atomic E-state index is 6.17. The van der Waals surface area contributed by atoms with E-state index < -0.39 is 0 Å². The van der Waals surface area contributed by atoms with Crippen LogP contribution in [0, 0.1) is 0 Å². The Hall–Kier alpha value is -0.900. The van der Waals surface area contributed by atoms with Crippen LogP contribution in [0.15, 0.2) is 34.8 Å². The lowest BCUT2D eigenvalue weighted by Crippen LogP contribution is -2.02. The topological polar surface area (TPSA) is 21.3 Å². The molecule has 1 aliphatic heterocycles. The minimum atomic E-state index is 0.624. The summed E-state index contributed by atoms with van der Waals surface area (Å²) in [5.74, 6) is 0.952. The smallest absolute Gasteiger partial charge is 0.127 e. The molecule has 0 aliphatic carbocycles. The normalized spacial score (nSPS) is 12.9. The second-order valence-corrected chi connectivity index (χ2v) is 6.39. The van der Waals surface area contributed by atoms with Crippen molar-refractivity contribution in [1.29, 1.82) is 0 Å². The average Bonchev–Trinajstić information content (AvgIpc) is 2.87. The molecule has 2 nitrogen and oxygen atoms in total. The Labute approximate surface area is 136 Å². The van der Waals surface area contributed by atoms with Gasteiger partial charge in [-0.15, -0.1) is 0 Å². The maximum atomic E-state index is 6.17. The van der Waals surface area contributed by atoms with Gasteiger partial charge in [-0.3, -0.25) is 0 Å². The van der Waals surface area contributed by atoms with Crippen LogP contribution in [0.4, 0.5) is 5.69 Å². The minimum absolute atomic E-state index is 0.624. The van der Waals surface area contributed by atoms with E-state index in [1.807, 2.05) is 30.3 Å². The summed E-state index contributed by atoms with van der Waals surface area (Å²) in [6, 6.07) is 9.62. The van der Waals surface area contributed by atoms with Crippen molar-refractivity contribution in [2.45, 2.75) is 13.0 Å². The zero-order valence-corrected chi connectivity index (χ0v) is 13.6. The van der Waals surface area contributed by atoms with Crippen molar-refractivity contribution < 1.29 is 4.74 Å². The third kappa shape index (κ3) is 2.90. The summed E-state index contributed by atoms with van der Waals surface area (Å²) in [4.78, 5) is 0. The van der Waals surface area contributed by atoms with Crippen LogP contribution in [0.3, 0.4) is 0 Å². The third-order valence-corrected chi connectivity index (χ3v) is 4.26. The van der Waals surface area contributed by atoms with Crippen molar-refractivity contribution in [1.82, 2.24) is 0 Å². The Morgan fingerprint density at radius 2 is 2.05 bits per heavy atom. The lowest BCUT2D eigenvalue weighted by molar-refractivity contribution is 0.354. The summed E-state index contributed by atoms with van der Waals surface area (Å²) in [5, 5.41) is 4.76. The quantitative estimate of drug-likeness (QED) is 0.788. The zero-order valence-electron chi connectivity index (χ0n) is 10.6. The first-order valence-corrected chi connectivity index (χ1v) is 7.81. The number of rotatable bonds is 3. The van der Waals surface area contributed by atoms with Crippen LogP contribution in [-0.2, 0) is 13.0 Å². The largest absolute Gasteiger partial charge is 0.493 e. The highest BCUT2D eigenvalue weighted by Crippen LogP contribution is 2.34. The molecule has 0 saturated carbocycles. The second-order valence-electron chi connectivity index (χ2n) is 4.63. The molecule has 0 amide bonds. The molecule has 0 spiro atoms. The summed E-state index contributed by atoms with van der Waals surface area (Å²) in [6.45, 7) is 1.35. The molecule has 0 radical (unpaired) electrons. The molecule has 104 valence electrons. The van der Waals surface area contributed by atoms with Crippen LogP contribution in [0.25, 0.3) is 0 Å². The monoisotopic (exact) mass is 371 g/mol. The fraction of sp³-hybridized carbons (Fsp3) is 0.200. The van der Waals surface area contributed by atoms with Crippen molar-refractivity contribution in [2.75, 3.05) is 11.9 Å². The van der Waals surface area contributed by atoms with Crippen molar-refractivity contribution in [2.24, 2.45) is 0 Å². The van der Waals surface area contributed by atoms with Crippen molar-refractivity contribution in [3.63, 3.8) is 0 Å². The van der Waals surface area contributed by atoms with Gasteiger partial charge in [-0.1, -0.05) is 39.1 Å². The summed E-state index contributed by atoms with van der Waals surface area (Å²) in [5.41, 5.74) is 3.11. The SMILES string of the molecule is Clc1cc2c(c(CNc3cc(Br)ccc3Cl)c1)OCC2. The van der Waals surface area contributed by atoms with Gasteiger partial charge in [0.1, 0.15) is 5.75 Å². The Morgan fingerprint density at radius 1 is 1.20 bits per heavy atom. The van der Waals surface area contributed by atoms with E-state index in [0.29, 0.717) is 11.6 Å². The molecule has 1 aliphatic rings. The van der Waals surface area contributed by atoms with Gasteiger partial charge in [-0.25, -0.2) is 0 Å². The molecule has 3 rings (SSSR count). The molecule has 1 N–H and O–H groups in total. The fourth-order valence-corrected chi connectivity index (χ4v) is 3.11. The molecule has 0 unspecified atom stereocenters. The lowest BCUT2D eigenvalue weighted by Gasteiger charge is -2.12. The maximum Gasteiger partial charge on any atom is 0.127 e. The Bertz CT molecular complexity index is 661. The van der Waals surface area contributed by atoms with E-state index in [4.69, 9.17) is 27.9 Å². The number of halogens is 3. The van der Waals surface area contributed by atoms with Crippen LogP contribution < -0.4 is 10.1 Å². The molecule has 2 aromatic carbocycles. The van der Waals surface area contributed by atoms with Gasteiger partial charge < -0.3 is 10.1 Å². The average molecular weight is 373 g/mol. The number of hydrogen-bond donors (Lipinski definition) is 1. The number of fused-ring (bicyclic) bond motifs is 1. The molecule has 0 saturated heterocycles. The van der Waals surface area contributed by atoms with Gasteiger partial charge in [0, 0.05) is 28.0 Å². The Balaban J connectivity index is 1.84. The number of ether oxygens (including phenoxy) is 1. The van der Waals surface area contributed by atoms with Crippen LogP contribution in [0.5, 0.6) is 5.75 Å². The van der Waals surface area contributed by atoms with Crippen LogP contribution in [0.1, 0.15) is 11.1 Å². The Kier molecular flexibility index (Phi) is 4.11. The predicted molar refractivity (Wildman–Crippen MR) is 87.1 cm³/mol. The third-order valence-electron chi connectivity index (χ3n) is 3.22. The number of benzene rings is 2. The van der Waals surface area contributed by atoms with Gasteiger partial charge in [0.2, 0.25) is 0 Å². The van der Waals surface area contributed by atoms with Gasteiger partial charge in [-0.2, -0.15) is 0 Å². The van der Waals surface area contributed by atoms with Gasteiger partial charge in [0.15, 0.2) is 0 Å². The first kappa shape index (κ1) is 14.1. The molecule has 5 heteroatoms.